The Morgan fingerprint density at radius 1 is 1.19 bits per heavy atom. The number of hydrogen-bond acceptors (Lipinski definition) is 3. The molecule has 106 valence electrons. The molecule has 0 atom stereocenters. The van der Waals surface area contributed by atoms with Gasteiger partial charge in [0.05, 0.1) is 21.7 Å². The number of carboxylic acids is 1. The van der Waals surface area contributed by atoms with Crippen molar-refractivity contribution in [1.29, 1.82) is 0 Å². The normalized spacial score (nSPS) is 11.0. The Kier molecular flexibility index (Phi) is 3.86. The maximum absolute atomic E-state index is 11.6. The van der Waals surface area contributed by atoms with Gasteiger partial charge >= 0.3 is 5.97 Å². The fourth-order valence-corrected chi connectivity index (χ4v) is 4.17. The number of hydrogen-bond donors (Lipinski definition) is 1. The summed E-state index contributed by atoms with van der Waals surface area (Å²) in [6, 6.07) is 7.31. The lowest BCUT2D eigenvalue weighted by Crippen LogP contribution is -2.01. The van der Waals surface area contributed by atoms with Crippen molar-refractivity contribution in [3.8, 4) is 10.6 Å². The zero-order chi connectivity index (χ0) is 15.1. The van der Waals surface area contributed by atoms with E-state index in [1.807, 2.05) is 24.4 Å². The molecule has 2 aromatic heterocycles. The topological polar surface area (TPSA) is 50.2 Å². The van der Waals surface area contributed by atoms with Crippen LogP contribution in [-0.2, 0) is 0 Å². The third-order valence-corrected chi connectivity index (χ3v) is 5.29. The summed E-state index contributed by atoms with van der Waals surface area (Å²) in [5, 5.41) is 12.1. The lowest BCUT2D eigenvalue weighted by atomic mass is 10.0. The van der Waals surface area contributed by atoms with E-state index in [0.29, 0.717) is 11.1 Å². The summed E-state index contributed by atoms with van der Waals surface area (Å²) in [5.41, 5.74) is 2.61. The van der Waals surface area contributed by atoms with Crippen LogP contribution in [0.4, 0.5) is 0 Å². The van der Waals surface area contributed by atoms with E-state index in [0.717, 1.165) is 24.9 Å². The van der Waals surface area contributed by atoms with Crippen LogP contribution < -0.4 is 0 Å². The summed E-state index contributed by atoms with van der Waals surface area (Å²) in [7, 11) is 0. The third-order valence-electron chi connectivity index (χ3n) is 3.12. The first-order chi connectivity index (χ1) is 9.95. The smallest absolute Gasteiger partial charge is 0.336 e. The number of rotatable bonds is 2. The summed E-state index contributed by atoms with van der Waals surface area (Å²) in [6.07, 6.45) is 0. The molecule has 0 aliphatic rings. The second kappa shape index (κ2) is 5.51. The summed E-state index contributed by atoms with van der Waals surface area (Å²) in [6.45, 7) is 1.93. The molecule has 0 amide bonds. The van der Waals surface area contributed by atoms with Crippen LogP contribution in [0.1, 0.15) is 15.9 Å². The van der Waals surface area contributed by atoms with Crippen LogP contribution in [0.3, 0.4) is 0 Å². The fourth-order valence-electron chi connectivity index (χ4n) is 2.21. The molecule has 1 aromatic carbocycles. The maximum atomic E-state index is 11.6. The number of pyridine rings is 1. The predicted molar refractivity (Wildman–Crippen MR) is 92.2 cm³/mol. The van der Waals surface area contributed by atoms with Gasteiger partial charge in [-0.2, -0.15) is 0 Å². The second-order valence-corrected chi connectivity index (χ2v) is 7.35. The molecule has 0 spiro atoms. The van der Waals surface area contributed by atoms with Gasteiger partial charge < -0.3 is 5.11 Å². The zero-order valence-corrected chi connectivity index (χ0v) is 14.8. The third kappa shape index (κ3) is 2.75. The van der Waals surface area contributed by atoms with E-state index in [1.165, 1.54) is 11.3 Å². The van der Waals surface area contributed by atoms with Crippen molar-refractivity contribution in [3.63, 3.8) is 0 Å². The van der Waals surface area contributed by atoms with Crippen molar-refractivity contribution in [2.75, 3.05) is 0 Å². The largest absolute Gasteiger partial charge is 0.478 e. The average molecular weight is 427 g/mol. The van der Waals surface area contributed by atoms with Gasteiger partial charge in [0.1, 0.15) is 0 Å². The lowest BCUT2D eigenvalue weighted by Gasteiger charge is -2.08. The minimum absolute atomic E-state index is 0.268. The van der Waals surface area contributed by atoms with Crippen LogP contribution in [0.5, 0.6) is 0 Å². The standard InChI is InChI=1S/C15H9Br2NO2S/c1-7-2-8(16)3-10-11(15(19)20)5-12(18-14(7)10)13-4-9(17)6-21-13/h2-6H,1H3,(H,19,20). The monoisotopic (exact) mass is 425 g/mol. The van der Waals surface area contributed by atoms with Crippen LogP contribution in [0.15, 0.2) is 38.6 Å². The first kappa shape index (κ1) is 14.7. The Morgan fingerprint density at radius 2 is 1.95 bits per heavy atom. The number of carboxylic acid groups (broad SMARTS) is 1. The molecule has 3 rings (SSSR count). The Labute approximate surface area is 141 Å². The van der Waals surface area contributed by atoms with Crippen LogP contribution in [0.2, 0.25) is 0 Å². The average Bonchev–Trinajstić information content (AvgIpc) is 2.84. The van der Waals surface area contributed by atoms with Crippen LogP contribution >= 0.6 is 43.2 Å². The molecule has 1 N–H and O–H groups in total. The number of aromatic carboxylic acids is 1. The van der Waals surface area contributed by atoms with E-state index >= 15 is 0 Å². The Bertz CT molecular complexity index is 873. The minimum Gasteiger partial charge on any atom is -0.478 e. The highest BCUT2D eigenvalue weighted by Gasteiger charge is 2.15. The summed E-state index contributed by atoms with van der Waals surface area (Å²) < 4.78 is 1.82. The SMILES string of the molecule is Cc1cc(Br)cc2c(C(=O)O)cc(-c3cc(Br)cs3)nc12. The second-order valence-electron chi connectivity index (χ2n) is 4.61. The molecule has 0 saturated carbocycles. The zero-order valence-electron chi connectivity index (χ0n) is 10.9. The fraction of sp³-hybridized carbons (Fsp3) is 0.0667. The molecule has 0 fully saturated rings. The van der Waals surface area contributed by atoms with Gasteiger partial charge in [-0.1, -0.05) is 15.9 Å². The van der Waals surface area contributed by atoms with Gasteiger partial charge in [-0.25, -0.2) is 9.78 Å². The summed E-state index contributed by atoms with van der Waals surface area (Å²) >= 11 is 8.35. The number of halogens is 2. The van der Waals surface area contributed by atoms with Gasteiger partial charge in [-0.3, -0.25) is 0 Å². The number of fused-ring (bicyclic) bond motifs is 1. The molecule has 21 heavy (non-hydrogen) atoms. The van der Waals surface area contributed by atoms with E-state index < -0.39 is 5.97 Å². The first-order valence-electron chi connectivity index (χ1n) is 6.04. The van der Waals surface area contributed by atoms with Crippen molar-refractivity contribution in [3.05, 3.63) is 49.7 Å². The summed E-state index contributed by atoms with van der Waals surface area (Å²) in [4.78, 5) is 17.2. The van der Waals surface area contributed by atoms with Crippen molar-refractivity contribution in [1.82, 2.24) is 4.98 Å². The van der Waals surface area contributed by atoms with Gasteiger partial charge in [0, 0.05) is 19.7 Å². The molecule has 0 unspecified atom stereocenters. The van der Waals surface area contributed by atoms with E-state index in [9.17, 15) is 9.90 Å². The highest BCUT2D eigenvalue weighted by Crippen LogP contribution is 2.33. The molecule has 6 heteroatoms. The molecule has 0 aliphatic heterocycles. The molecule has 0 bridgehead atoms. The van der Waals surface area contributed by atoms with Crippen molar-refractivity contribution in [2.45, 2.75) is 6.92 Å². The Hall–Kier alpha value is -1.24. The van der Waals surface area contributed by atoms with Crippen LogP contribution in [0.25, 0.3) is 21.5 Å². The highest BCUT2D eigenvalue weighted by molar-refractivity contribution is 9.10. The molecule has 3 aromatic rings. The molecule has 2 heterocycles. The Balaban J connectivity index is 2.37. The Morgan fingerprint density at radius 3 is 2.57 bits per heavy atom. The van der Waals surface area contributed by atoms with E-state index in [2.05, 4.69) is 36.8 Å². The number of nitrogens with zero attached hydrogens (tertiary/aromatic N) is 1. The lowest BCUT2D eigenvalue weighted by molar-refractivity contribution is 0.0699. The van der Waals surface area contributed by atoms with Gasteiger partial charge in [-0.05, 0) is 52.7 Å². The number of benzene rings is 1. The van der Waals surface area contributed by atoms with Crippen LogP contribution in [-0.4, -0.2) is 16.1 Å². The number of thiophene rings is 1. The van der Waals surface area contributed by atoms with Gasteiger partial charge in [0.2, 0.25) is 0 Å². The van der Waals surface area contributed by atoms with Crippen LogP contribution in [0, 0.1) is 6.92 Å². The highest BCUT2D eigenvalue weighted by atomic mass is 79.9. The van der Waals surface area contributed by atoms with Gasteiger partial charge in [0.25, 0.3) is 0 Å². The number of aryl methyl sites for hydroxylation is 1. The van der Waals surface area contributed by atoms with Gasteiger partial charge in [0.15, 0.2) is 0 Å². The number of aromatic nitrogens is 1. The number of carbonyl (C=O) groups is 1. The first-order valence-corrected chi connectivity index (χ1v) is 8.51. The van der Waals surface area contributed by atoms with Crippen molar-refractivity contribution in [2.24, 2.45) is 0 Å². The molecule has 0 saturated heterocycles. The maximum Gasteiger partial charge on any atom is 0.336 e. The van der Waals surface area contributed by atoms with E-state index in [4.69, 9.17) is 0 Å². The quantitative estimate of drug-likeness (QED) is 0.588. The minimum atomic E-state index is -0.947. The van der Waals surface area contributed by atoms with E-state index in [-0.39, 0.29) is 5.56 Å². The molecular formula is C15H9Br2NO2S. The summed E-state index contributed by atoms with van der Waals surface area (Å²) in [5.74, 6) is -0.947. The molecule has 0 aliphatic carbocycles. The van der Waals surface area contributed by atoms with Crippen molar-refractivity contribution < 1.29 is 9.90 Å². The predicted octanol–water partition coefficient (Wildman–Crippen LogP) is 5.49. The molecule has 0 radical (unpaired) electrons. The van der Waals surface area contributed by atoms with Gasteiger partial charge in [-0.15, -0.1) is 11.3 Å². The molecular weight excluding hydrogens is 418 g/mol. The van der Waals surface area contributed by atoms with E-state index in [1.54, 1.807) is 12.1 Å². The molecule has 3 nitrogen and oxygen atoms in total. The van der Waals surface area contributed by atoms with Crippen molar-refractivity contribution >= 4 is 60.1 Å².